The average molecular weight is 332 g/mol. The molecule has 2 rings (SSSR count). The van der Waals surface area contributed by atoms with Gasteiger partial charge in [-0.1, -0.05) is 0 Å². The van der Waals surface area contributed by atoms with Gasteiger partial charge in [-0.2, -0.15) is 0 Å². The molecule has 1 saturated heterocycles. The molecule has 1 aromatic rings. The van der Waals surface area contributed by atoms with Crippen molar-refractivity contribution in [3.8, 4) is 0 Å². The van der Waals surface area contributed by atoms with Gasteiger partial charge < -0.3 is 24.3 Å². The van der Waals surface area contributed by atoms with Crippen LogP contribution in [0, 0.1) is 0 Å². The number of nitrogens with one attached hydrogen (secondary N) is 1. The van der Waals surface area contributed by atoms with Crippen LogP contribution in [-0.4, -0.2) is 74.6 Å². The number of ether oxygens (including phenoxy) is 1. The third kappa shape index (κ3) is 5.01. The first-order valence-electron chi connectivity index (χ1n) is 7.02. The molecule has 0 atom stereocenters. The number of hydrogen-bond acceptors (Lipinski definition) is 5. The minimum Gasteiger partial charge on any atom is -0.459 e. The van der Waals surface area contributed by atoms with Gasteiger partial charge in [-0.15, -0.1) is 12.4 Å². The largest absolute Gasteiger partial charge is 0.459 e. The molecule has 1 aromatic heterocycles. The second-order valence-corrected chi connectivity index (χ2v) is 4.82. The minimum atomic E-state index is -0.120. The summed E-state index contributed by atoms with van der Waals surface area (Å²) in [5.74, 6) is 0.275. The number of nitrogens with zero attached hydrogens (tertiary/aromatic N) is 2. The van der Waals surface area contributed by atoms with E-state index >= 15 is 0 Å². The van der Waals surface area contributed by atoms with Gasteiger partial charge in [-0.3, -0.25) is 9.59 Å². The van der Waals surface area contributed by atoms with E-state index in [0.29, 0.717) is 51.6 Å². The highest BCUT2D eigenvalue weighted by molar-refractivity contribution is 5.91. The van der Waals surface area contributed by atoms with E-state index in [4.69, 9.17) is 9.15 Å². The zero-order valence-corrected chi connectivity index (χ0v) is 13.4. The van der Waals surface area contributed by atoms with Crippen molar-refractivity contribution in [3.63, 3.8) is 0 Å². The summed E-state index contributed by atoms with van der Waals surface area (Å²) < 4.78 is 10.0. The fraction of sp³-hybridized carbons (Fsp3) is 0.571. The molecule has 0 radical (unpaired) electrons. The average Bonchev–Trinajstić information content (AvgIpc) is 3.05. The van der Waals surface area contributed by atoms with Crippen molar-refractivity contribution in [2.24, 2.45) is 0 Å². The number of hydrogen-bond donors (Lipinski definition) is 1. The van der Waals surface area contributed by atoms with Gasteiger partial charge in [-0.25, -0.2) is 0 Å². The van der Waals surface area contributed by atoms with Gasteiger partial charge >= 0.3 is 0 Å². The van der Waals surface area contributed by atoms with E-state index in [-0.39, 0.29) is 24.2 Å². The highest BCUT2D eigenvalue weighted by Gasteiger charge is 2.25. The molecule has 0 unspecified atom stereocenters. The van der Waals surface area contributed by atoms with E-state index in [1.54, 1.807) is 29.0 Å². The van der Waals surface area contributed by atoms with Crippen molar-refractivity contribution in [2.75, 3.05) is 53.0 Å². The summed E-state index contributed by atoms with van der Waals surface area (Å²) in [6, 6.07) is 3.35. The monoisotopic (exact) mass is 331 g/mol. The summed E-state index contributed by atoms with van der Waals surface area (Å²) >= 11 is 0. The van der Waals surface area contributed by atoms with Gasteiger partial charge in [-0.05, 0) is 12.1 Å². The molecule has 0 aliphatic carbocycles. The first-order chi connectivity index (χ1) is 10.2. The van der Waals surface area contributed by atoms with Crippen molar-refractivity contribution in [1.82, 2.24) is 15.1 Å². The third-order valence-electron chi connectivity index (χ3n) is 3.41. The molecular weight excluding hydrogens is 310 g/mol. The molecule has 1 aliphatic heterocycles. The highest BCUT2D eigenvalue weighted by atomic mass is 35.5. The number of carbonyl (C=O) groups excluding carboxylic acids is 2. The lowest BCUT2D eigenvalue weighted by atomic mass is 10.2. The van der Waals surface area contributed by atoms with Crippen LogP contribution in [0.5, 0.6) is 0 Å². The van der Waals surface area contributed by atoms with Crippen LogP contribution in [0.25, 0.3) is 0 Å². The Hall–Kier alpha value is -1.57. The molecular formula is C14H22ClN3O4. The Morgan fingerprint density at radius 2 is 1.95 bits per heavy atom. The maximum absolute atomic E-state index is 12.1. The quantitative estimate of drug-likeness (QED) is 0.755. The van der Waals surface area contributed by atoms with Gasteiger partial charge in [0.15, 0.2) is 5.76 Å². The predicted molar refractivity (Wildman–Crippen MR) is 83.2 cm³/mol. The Labute approximate surface area is 136 Å². The Morgan fingerprint density at radius 1 is 1.27 bits per heavy atom. The highest BCUT2D eigenvalue weighted by Crippen LogP contribution is 2.09. The van der Waals surface area contributed by atoms with Gasteiger partial charge in [0.1, 0.15) is 0 Å². The molecule has 1 fully saturated rings. The molecule has 2 amide bonds. The van der Waals surface area contributed by atoms with E-state index < -0.39 is 0 Å². The van der Waals surface area contributed by atoms with Crippen LogP contribution >= 0.6 is 12.4 Å². The second kappa shape index (κ2) is 9.45. The maximum Gasteiger partial charge on any atom is 0.289 e. The summed E-state index contributed by atoms with van der Waals surface area (Å²) in [4.78, 5) is 27.5. The van der Waals surface area contributed by atoms with Crippen molar-refractivity contribution in [3.05, 3.63) is 24.2 Å². The summed E-state index contributed by atoms with van der Waals surface area (Å²) in [6.07, 6.45) is 1.48. The van der Waals surface area contributed by atoms with Crippen LogP contribution in [0.2, 0.25) is 0 Å². The zero-order valence-electron chi connectivity index (χ0n) is 12.6. The molecule has 8 heteroatoms. The Bertz CT molecular complexity index is 459. The summed E-state index contributed by atoms with van der Waals surface area (Å²) in [7, 11) is 1.62. The molecule has 1 N–H and O–H groups in total. The van der Waals surface area contributed by atoms with Gasteiger partial charge in [0.2, 0.25) is 5.91 Å². The lowest BCUT2D eigenvalue weighted by Gasteiger charge is -2.34. The lowest BCUT2D eigenvalue weighted by Crippen LogP contribution is -2.52. The predicted octanol–water partition coefficient (Wildman–Crippen LogP) is 0.222. The van der Waals surface area contributed by atoms with E-state index in [2.05, 4.69) is 5.32 Å². The molecule has 22 heavy (non-hydrogen) atoms. The third-order valence-corrected chi connectivity index (χ3v) is 3.41. The molecule has 124 valence electrons. The second-order valence-electron chi connectivity index (χ2n) is 4.82. The van der Waals surface area contributed by atoms with Crippen LogP contribution in [0.15, 0.2) is 22.8 Å². The molecule has 0 spiro atoms. The molecule has 7 nitrogen and oxygen atoms in total. The van der Waals surface area contributed by atoms with Crippen LogP contribution in [0.1, 0.15) is 10.6 Å². The fourth-order valence-corrected chi connectivity index (χ4v) is 2.20. The van der Waals surface area contributed by atoms with Crippen molar-refractivity contribution < 1.29 is 18.7 Å². The van der Waals surface area contributed by atoms with Gasteiger partial charge in [0.05, 0.1) is 19.4 Å². The first kappa shape index (κ1) is 18.5. The zero-order chi connectivity index (χ0) is 15.1. The molecule has 2 heterocycles. The number of methoxy groups -OCH3 is 1. The van der Waals surface area contributed by atoms with Gasteiger partial charge in [0, 0.05) is 39.8 Å². The number of carbonyl (C=O) groups is 2. The molecule has 0 saturated carbocycles. The minimum absolute atomic E-state index is 0. The molecule has 0 aromatic carbocycles. The SMILES string of the molecule is COCCNCC(=O)N1CCN(C(=O)c2ccco2)CC1.Cl. The smallest absolute Gasteiger partial charge is 0.289 e. The van der Waals surface area contributed by atoms with Crippen molar-refractivity contribution in [2.45, 2.75) is 0 Å². The summed E-state index contributed by atoms with van der Waals surface area (Å²) in [6.45, 7) is 3.70. The van der Waals surface area contributed by atoms with Gasteiger partial charge in [0.25, 0.3) is 5.91 Å². The summed E-state index contributed by atoms with van der Waals surface area (Å²) in [5.41, 5.74) is 0. The van der Waals surface area contributed by atoms with E-state index in [1.807, 2.05) is 0 Å². The number of piperazine rings is 1. The Balaban J connectivity index is 0.00000242. The fourth-order valence-electron chi connectivity index (χ4n) is 2.20. The van der Waals surface area contributed by atoms with Crippen molar-refractivity contribution in [1.29, 1.82) is 0 Å². The standard InChI is InChI=1S/C14H21N3O4.ClH/c1-20-10-4-15-11-13(18)16-5-7-17(8-6-16)14(19)12-3-2-9-21-12;/h2-3,9,15H,4-8,10-11H2,1H3;1H. The lowest BCUT2D eigenvalue weighted by molar-refractivity contribution is -0.131. The number of furan rings is 1. The number of amides is 2. The van der Waals surface area contributed by atoms with Crippen molar-refractivity contribution >= 4 is 24.2 Å². The van der Waals surface area contributed by atoms with E-state index in [9.17, 15) is 9.59 Å². The van der Waals surface area contributed by atoms with E-state index in [1.165, 1.54) is 6.26 Å². The Morgan fingerprint density at radius 3 is 2.55 bits per heavy atom. The number of halogens is 1. The summed E-state index contributed by atoms with van der Waals surface area (Å²) in [5, 5.41) is 3.03. The maximum atomic E-state index is 12.1. The van der Waals surface area contributed by atoms with E-state index in [0.717, 1.165) is 0 Å². The van der Waals surface area contributed by atoms with Crippen LogP contribution < -0.4 is 5.32 Å². The molecule has 0 bridgehead atoms. The normalized spacial score (nSPS) is 14.6. The van der Waals surface area contributed by atoms with Crippen LogP contribution in [0.3, 0.4) is 0 Å². The topological polar surface area (TPSA) is 75.0 Å². The van der Waals surface area contributed by atoms with Crippen LogP contribution in [0.4, 0.5) is 0 Å². The van der Waals surface area contributed by atoms with Crippen LogP contribution in [-0.2, 0) is 9.53 Å². The Kier molecular flexibility index (Phi) is 7.94. The number of rotatable bonds is 6. The first-order valence-corrected chi connectivity index (χ1v) is 7.02. The molecule has 1 aliphatic rings.